The minimum atomic E-state index is -2.62. The number of hydrogen-bond donors (Lipinski definition) is 2. The van der Waals surface area contributed by atoms with E-state index in [9.17, 15) is 18.7 Å². The van der Waals surface area contributed by atoms with Crippen LogP contribution < -0.4 is 5.32 Å². The standard InChI is InChI=1S/C13H17F2NO2S/c14-13(15)4-1-9(2-5-13)12(18)16-7-11(17)10-3-6-19-8-10/h3,6,8-9,11,17H,1-2,4-5,7H2,(H,16,18). The fraction of sp³-hybridized carbons (Fsp3) is 0.615. The summed E-state index contributed by atoms with van der Waals surface area (Å²) in [6.07, 6.45) is -0.753. The molecule has 0 radical (unpaired) electrons. The molecule has 0 bridgehead atoms. The van der Waals surface area contributed by atoms with Crippen LogP contribution in [0.2, 0.25) is 0 Å². The Labute approximate surface area is 114 Å². The summed E-state index contributed by atoms with van der Waals surface area (Å²) >= 11 is 1.47. The molecular formula is C13H17F2NO2S. The van der Waals surface area contributed by atoms with Gasteiger partial charge in [-0.15, -0.1) is 0 Å². The molecule has 1 aromatic heterocycles. The second-order valence-electron chi connectivity index (χ2n) is 4.95. The zero-order chi connectivity index (χ0) is 13.9. The van der Waals surface area contributed by atoms with E-state index in [1.807, 2.05) is 10.8 Å². The number of alkyl halides is 2. The lowest BCUT2D eigenvalue weighted by Gasteiger charge is -2.27. The van der Waals surface area contributed by atoms with E-state index in [0.29, 0.717) is 0 Å². The van der Waals surface area contributed by atoms with E-state index in [1.165, 1.54) is 11.3 Å². The van der Waals surface area contributed by atoms with E-state index < -0.39 is 12.0 Å². The summed E-state index contributed by atoms with van der Waals surface area (Å²) in [4.78, 5) is 11.8. The molecule has 1 heterocycles. The van der Waals surface area contributed by atoms with Crippen molar-refractivity contribution in [1.82, 2.24) is 5.32 Å². The fourth-order valence-corrected chi connectivity index (χ4v) is 2.93. The van der Waals surface area contributed by atoms with Gasteiger partial charge in [0.25, 0.3) is 0 Å². The Morgan fingerprint density at radius 1 is 1.53 bits per heavy atom. The molecule has 0 saturated heterocycles. The maximum atomic E-state index is 13.0. The maximum absolute atomic E-state index is 13.0. The van der Waals surface area contributed by atoms with Crippen molar-refractivity contribution >= 4 is 17.2 Å². The molecule has 2 N–H and O–H groups in total. The van der Waals surface area contributed by atoms with Gasteiger partial charge in [-0.2, -0.15) is 11.3 Å². The van der Waals surface area contributed by atoms with E-state index in [1.54, 1.807) is 6.07 Å². The largest absolute Gasteiger partial charge is 0.387 e. The number of amides is 1. The van der Waals surface area contributed by atoms with Crippen LogP contribution in [0.25, 0.3) is 0 Å². The molecule has 0 aliphatic heterocycles. The van der Waals surface area contributed by atoms with Crippen molar-refractivity contribution in [2.24, 2.45) is 5.92 Å². The molecule has 1 aliphatic carbocycles. The van der Waals surface area contributed by atoms with Crippen molar-refractivity contribution in [1.29, 1.82) is 0 Å². The lowest BCUT2D eigenvalue weighted by molar-refractivity contribution is -0.129. The minimum absolute atomic E-state index is 0.127. The van der Waals surface area contributed by atoms with E-state index in [0.717, 1.165) is 5.56 Å². The van der Waals surface area contributed by atoms with Crippen LogP contribution in [-0.2, 0) is 4.79 Å². The molecule has 2 rings (SSSR count). The van der Waals surface area contributed by atoms with Gasteiger partial charge in [0.15, 0.2) is 0 Å². The summed E-state index contributed by atoms with van der Waals surface area (Å²) in [6.45, 7) is 0.127. The van der Waals surface area contributed by atoms with Crippen LogP contribution in [-0.4, -0.2) is 23.5 Å². The van der Waals surface area contributed by atoms with E-state index in [-0.39, 0.29) is 44.1 Å². The first-order chi connectivity index (χ1) is 8.98. The molecule has 1 amide bonds. The summed E-state index contributed by atoms with van der Waals surface area (Å²) in [5, 5.41) is 16.1. The topological polar surface area (TPSA) is 49.3 Å². The van der Waals surface area contributed by atoms with Gasteiger partial charge in [0.05, 0.1) is 6.10 Å². The van der Waals surface area contributed by atoms with Crippen molar-refractivity contribution in [3.63, 3.8) is 0 Å². The zero-order valence-electron chi connectivity index (χ0n) is 10.4. The highest BCUT2D eigenvalue weighted by Crippen LogP contribution is 2.36. The Hall–Kier alpha value is -1.01. The highest BCUT2D eigenvalue weighted by atomic mass is 32.1. The summed E-state index contributed by atoms with van der Waals surface area (Å²) in [5.74, 6) is -3.20. The summed E-state index contributed by atoms with van der Waals surface area (Å²) in [5.41, 5.74) is 0.764. The molecule has 0 spiro atoms. The molecule has 1 saturated carbocycles. The number of carbonyl (C=O) groups is 1. The van der Waals surface area contributed by atoms with Gasteiger partial charge in [0, 0.05) is 25.3 Å². The third-order valence-corrected chi connectivity index (χ3v) is 4.19. The molecule has 0 aromatic carbocycles. The monoisotopic (exact) mass is 289 g/mol. The lowest BCUT2D eigenvalue weighted by Crippen LogP contribution is -2.37. The lowest BCUT2D eigenvalue weighted by atomic mass is 9.86. The van der Waals surface area contributed by atoms with Crippen LogP contribution in [0.15, 0.2) is 16.8 Å². The first-order valence-corrected chi connectivity index (χ1v) is 7.28. The fourth-order valence-electron chi connectivity index (χ4n) is 2.23. The van der Waals surface area contributed by atoms with Crippen LogP contribution in [0.5, 0.6) is 0 Å². The van der Waals surface area contributed by atoms with E-state index in [4.69, 9.17) is 0 Å². The van der Waals surface area contributed by atoms with Crippen molar-refractivity contribution in [3.05, 3.63) is 22.4 Å². The molecule has 6 heteroatoms. The second kappa shape index (κ2) is 5.96. The SMILES string of the molecule is O=C(NCC(O)c1ccsc1)C1CCC(F)(F)CC1. The number of carbonyl (C=O) groups excluding carboxylic acids is 1. The molecule has 19 heavy (non-hydrogen) atoms. The predicted molar refractivity (Wildman–Crippen MR) is 69.2 cm³/mol. The van der Waals surface area contributed by atoms with Crippen molar-refractivity contribution in [3.8, 4) is 0 Å². The number of aliphatic hydroxyl groups is 1. The van der Waals surface area contributed by atoms with Gasteiger partial charge in [-0.25, -0.2) is 8.78 Å². The van der Waals surface area contributed by atoms with Crippen LogP contribution in [0.4, 0.5) is 8.78 Å². The second-order valence-corrected chi connectivity index (χ2v) is 5.73. The van der Waals surface area contributed by atoms with Crippen molar-refractivity contribution in [2.45, 2.75) is 37.7 Å². The normalized spacial score (nSPS) is 21.0. The van der Waals surface area contributed by atoms with Crippen LogP contribution in [0.3, 0.4) is 0 Å². The number of aliphatic hydroxyl groups excluding tert-OH is 1. The van der Waals surface area contributed by atoms with Crippen LogP contribution in [0, 0.1) is 5.92 Å². The number of rotatable bonds is 4. The Morgan fingerprint density at radius 2 is 2.21 bits per heavy atom. The van der Waals surface area contributed by atoms with Gasteiger partial charge in [-0.3, -0.25) is 4.79 Å². The van der Waals surface area contributed by atoms with Gasteiger partial charge >= 0.3 is 0 Å². The third kappa shape index (κ3) is 3.98. The average Bonchev–Trinajstić information content (AvgIpc) is 2.89. The zero-order valence-corrected chi connectivity index (χ0v) is 11.3. The van der Waals surface area contributed by atoms with Crippen LogP contribution in [0.1, 0.15) is 37.4 Å². The van der Waals surface area contributed by atoms with Gasteiger partial charge in [-0.05, 0) is 35.2 Å². The molecule has 1 fully saturated rings. The Kier molecular flexibility index (Phi) is 4.52. The first kappa shape index (κ1) is 14.4. The smallest absolute Gasteiger partial charge is 0.248 e. The van der Waals surface area contributed by atoms with Gasteiger partial charge in [-0.1, -0.05) is 0 Å². The van der Waals surface area contributed by atoms with E-state index in [2.05, 4.69) is 5.32 Å². The Balaban J connectivity index is 1.76. The molecule has 106 valence electrons. The Bertz CT molecular complexity index is 412. The highest BCUT2D eigenvalue weighted by molar-refractivity contribution is 7.07. The van der Waals surface area contributed by atoms with Gasteiger partial charge in [0.1, 0.15) is 0 Å². The summed E-state index contributed by atoms with van der Waals surface area (Å²) in [6, 6.07) is 1.79. The van der Waals surface area contributed by atoms with Crippen molar-refractivity contribution < 1.29 is 18.7 Å². The Morgan fingerprint density at radius 3 is 2.79 bits per heavy atom. The third-order valence-electron chi connectivity index (χ3n) is 3.49. The quantitative estimate of drug-likeness (QED) is 0.895. The van der Waals surface area contributed by atoms with Crippen molar-refractivity contribution in [2.75, 3.05) is 6.54 Å². The van der Waals surface area contributed by atoms with Crippen LogP contribution >= 0.6 is 11.3 Å². The number of halogens is 2. The minimum Gasteiger partial charge on any atom is -0.387 e. The highest BCUT2D eigenvalue weighted by Gasteiger charge is 2.37. The molecular weight excluding hydrogens is 272 g/mol. The average molecular weight is 289 g/mol. The summed E-state index contributed by atoms with van der Waals surface area (Å²) < 4.78 is 25.9. The summed E-state index contributed by atoms with van der Waals surface area (Å²) in [7, 11) is 0. The molecule has 1 aromatic rings. The van der Waals surface area contributed by atoms with Gasteiger partial charge in [0.2, 0.25) is 11.8 Å². The van der Waals surface area contributed by atoms with Gasteiger partial charge < -0.3 is 10.4 Å². The molecule has 1 aliphatic rings. The maximum Gasteiger partial charge on any atom is 0.248 e. The molecule has 1 atom stereocenters. The number of hydrogen-bond acceptors (Lipinski definition) is 3. The first-order valence-electron chi connectivity index (χ1n) is 6.34. The number of nitrogens with one attached hydrogen (secondary N) is 1. The molecule has 1 unspecified atom stereocenters. The number of thiophene rings is 1. The van der Waals surface area contributed by atoms with E-state index >= 15 is 0 Å². The molecule has 3 nitrogen and oxygen atoms in total. The predicted octanol–water partition coefficient (Wildman–Crippen LogP) is 2.72.